The van der Waals surface area contributed by atoms with Crippen LogP contribution in [0.5, 0.6) is 5.75 Å². The number of nitrogens with zero attached hydrogens (tertiary/aromatic N) is 7. The van der Waals surface area contributed by atoms with Gasteiger partial charge in [0.15, 0.2) is 0 Å². The van der Waals surface area contributed by atoms with Crippen LogP contribution in [0.1, 0.15) is 11.1 Å². The first kappa shape index (κ1) is 24.9. The van der Waals surface area contributed by atoms with E-state index in [2.05, 4.69) is 16.2 Å². The predicted octanol–water partition coefficient (Wildman–Crippen LogP) is 0.372. The van der Waals surface area contributed by atoms with Gasteiger partial charge in [-0.05, 0) is 20.2 Å². The molecule has 0 aromatic carbocycles. The summed E-state index contributed by atoms with van der Waals surface area (Å²) in [4.78, 5) is 34.9. The minimum absolute atomic E-state index is 0.0174. The maximum Gasteiger partial charge on any atom is 0.246 e. The zero-order valence-electron chi connectivity index (χ0n) is 20.7. The van der Waals surface area contributed by atoms with Crippen LogP contribution in [0.3, 0.4) is 0 Å². The molecule has 36 heavy (non-hydrogen) atoms. The molecule has 0 bridgehead atoms. The average Bonchev–Trinajstić information content (AvgIpc) is 3.22. The van der Waals surface area contributed by atoms with Crippen molar-refractivity contribution < 1.29 is 14.3 Å². The molecule has 0 aliphatic carbocycles. The molecule has 4 rings (SSSR count). The van der Waals surface area contributed by atoms with Gasteiger partial charge in [-0.15, -0.1) is 0 Å². The Morgan fingerprint density at radius 1 is 1.31 bits per heavy atom. The lowest BCUT2D eigenvalue weighted by molar-refractivity contribution is -0.149. The van der Waals surface area contributed by atoms with Crippen LogP contribution in [-0.4, -0.2) is 102 Å². The van der Waals surface area contributed by atoms with E-state index in [4.69, 9.17) is 10.5 Å². The third kappa shape index (κ3) is 5.08. The van der Waals surface area contributed by atoms with Crippen LogP contribution in [0.15, 0.2) is 41.8 Å². The Morgan fingerprint density at radius 2 is 2.06 bits per heavy atom. The fraction of sp³-hybridized carbons (Fsp3) is 0.400. The summed E-state index contributed by atoms with van der Waals surface area (Å²) >= 11 is 0. The summed E-state index contributed by atoms with van der Waals surface area (Å²) in [5, 5.41) is 13.5. The van der Waals surface area contributed by atoms with Crippen LogP contribution in [0.4, 0.5) is 0 Å². The number of nitriles is 1. The number of likely N-dealkylation sites (N-methyl/N-ethyl adjacent to an activating group) is 1. The van der Waals surface area contributed by atoms with Gasteiger partial charge in [0.05, 0.1) is 25.3 Å². The standard InChI is InChI=1S/C25H30N8O3/c1-30(2)6-4-5-23(34)31-12-20(13-31)25(35)32-15-21(16-32)28-10-18(8-26)17-7-22(36-3)24-19(9-27)11-29-33(24)14-17/h4-5,7-8,10-11,14,20-21H,6,12-13,15-16,26H2,1-3H3/b5-4+,18-8?,28-10?. The maximum atomic E-state index is 12.7. The minimum atomic E-state index is -0.146. The molecule has 0 unspecified atom stereocenters. The van der Waals surface area contributed by atoms with Gasteiger partial charge < -0.3 is 25.2 Å². The normalized spacial score (nSPS) is 17.1. The number of likely N-dealkylation sites (tertiary alicyclic amines) is 2. The fourth-order valence-electron chi connectivity index (χ4n) is 4.15. The molecule has 2 aliphatic heterocycles. The summed E-state index contributed by atoms with van der Waals surface area (Å²) < 4.78 is 7.03. The number of methoxy groups -OCH3 is 1. The van der Waals surface area contributed by atoms with E-state index < -0.39 is 0 Å². The van der Waals surface area contributed by atoms with Gasteiger partial charge in [-0.1, -0.05) is 6.08 Å². The van der Waals surface area contributed by atoms with Gasteiger partial charge in [-0.3, -0.25) is 14.6 Å². The number of hydrogen-bond donors (Lipinski definition) is 1. The Hall–Kier alpha value is -4.17. The molecule has 2 aromatic rings. The van der Waals surface area contributed by atoms with Gasteiger partial charge in [-0.2, -0.15) is 10.4 Å². The van der Waals surface area contributed by atoms with Gasteiger partial charge in [0.2, 0.25) is 11.8 Å². The van der Waals surface area contributed by atoms with Crippen LogP contribution in [0.2, 0.25) is 0 Å². The lowest BCUT2D eigenvalue weighted by atomic mass is 9.95. The van der Waals surface area contributed by atoms with Crippen LogP contribution >= 0.6 is 0 Å². The van der Waals surface area contributed by atoms with Crippen LogP contribution in [0, 0.1) is 17.2 Å². The van der Waals surface area contributed by atoms with Crippen molar-refractivity contribution in [1.82, 2.24) is 24.3 Å². The van der Waals surface area contributed by atoms with Crippen molar-refractivity contribution in [3.8, 4) is 11.8 Å². The topological polar surface area (TPSA) is 133 Å². The summed E-state index contributed by atoms with van der Waals surface area (Å²) in [5.74, 6) is 0.379. The number of carbonyl (C=O) groups is 2. The summed E-state index contributed by atoms with van der Waals surface area (Å²) in [7, 11) is 5.41. The number of carbonyl (C=O) groups excluding carboxylic acids is 2. The molecule has 2 aromatic heterocycles. The molecule has 188 valence electrons. The van der Waals surface area contributed by atoms with Gasteiger partial charge in [-0.25, -0.2) is 4.52 Å². The van der Waals surface area contributed by atoms with Crippen molar-refractivity contribution >= 4 is 29.1 Å². The number of ether oxygens (including phenoxy) is 1. The monoisotopic (exact) mass is 490 g/mol. The second kappa shape index (κ2) is 10.6. The van der Waals surface area contributed by atoms with Gasteiger partial charge in [0, 0.05) is 68.5 Å². The Morgan fingerprint density at radius 3 is 2.69 bits per heavy atom. The Kier molecular flexibility index (Phi) is 7.36. The highest BCUT2D eigenvalue weighted by molar-refractivity contribution is 6.10. The van der Waals surface area contributed by atoms with E-state index in [-0.39, 0.29) is 23.8 Å². The van der Waals surface area contributed by atoms with Crippen LogP contribution in [0.25, 0.3) is 11.1 Å². The lowest BCUT2D eigenvalue weighted by Crippen LogP contribution is -2.61. The molecule has 2 fully saturated rings. The van der Waals surface area contributed by atoms with E-state index in [0.717, 1.165) is 5.56 Å². The zero-order valence-corrected chi connectivity index (χ0v) is 20.7. The lowest BCUT2D eigenvalue weighted by Gasteiger charge is -2.44. The maximum absolute atomic E-state index is 12.7. The van der Waals surface area contributed by atoms with Crippen LogP contribution in [-0.2, 0) is 9.59 Å². The van der Waals surface area contributed by atoms with Crippen molar-refractivity contribution in [2.75, 3.05) is 53.9 Å². The average molecular weight is 491 g/mol. The summed E-state index contributed by atoms with van der Waals surface area (Å²) in [6.07, 6.45) is 9.78. The number of pyridine rings is 1. The first-order valence-electron chi connectivity index (χ1n) is 11.6. The zero-order chi connectivity index (χ0) is 25.8. The number of rotatable bonds is 8. The number of amides is 2. The first-order valence-corrected chi connectivity index (χ1v) is 11.6. The van der Waals surface area contributed by atoms with E-state index in [0.29, 0.717) is 55.1 Å². The molecule has 2 saturated heterocycles. The predicted molar refractivity (Wildman–Crippen MR) is 135 cm³/mol. The summed E-state index contributed by atoms with van der Waals surface area (Å²) in [6.45, 7) is 2.69. The highest BCUT2D eigenvalue weighted by Gasteiger charge is 2.40. The molecule has 4 heterocycles. The summed E-state index contributed by atoms with van der Waals surface area (Å²) in [6, 6.07) is 3.88. The molecule has 0 atom stereocenters. The number of hydrogen-bond acceptors (Lipinski definition) is 8. The highest BCUT2D eigenvalue weighted by atomic mass is 16.5. The second-order valence-corrected chi connectivity index (χ2v) is 9.16. The smallest absolute Gasteiger partial charge is 0.246 e. The minimum Gasteiger partial charge on any atom is -0.494 e. The quantitative estimate of drug-likeness (QED) is 0.418. The molecule has 11 nitrogen and oxygen atoms in total. The highest BCUT2D eigenvalue weighted by Crippen LogP contribution is 2.27. The molecule has 11 heteroatoms. The van der Waals surface area contributed by atoms with Crippen molar-refractivity contribution in [3.05, 3.63) is 47.9 Å². The van der Waals surface area contributed by atoms with E-state index in [1.807, 2.05) is 25.1 Å². The Balaban J connectivity index is 1.30. The summed E-state index contributed by atoms with van der Waals surface area (Å²) in [5.41, 5.74) is 8.28. The number of fused-ring (bicyclic) bond motifs is 1. The molecule has 0 spiro atoms. The van der Waals surface area contributed by atoms with E-state index in [1.165, 1.54) is 19.5 Å². The second-order valence-electron chi connectivity index (χ2n) is 9.16. The number of allylic oxidation sites excluding steroid dienone is 1. The van der Waals surface area contributed by atoms with E-state index in [1.54, 1.807) is 38.9 Å². The van der Waals surface area contributed by atoms with Gasteiger partial charge in [0.25, 0.3) is 0 Å². The van der Waals surface area contributed by atoms with Crippen molar-refractivity contribution in [2.24, 2.45) is 16.6 Å². The number of aliphatic imine (C=N–C) groups is 1. The van der Waals surface area contributed by atoms with E-state index >= 15 is 0 Å². The SMILES string of the molecule is COc1cc(C(C=NC2CN(C(=O)C3CN(C(=O)/C=C/CN(C)C)C3)C2)=CN)cn2ncc(C#N)c12. The molecule has 2 amide bonds. The van der Waals surface area contributed by atoms with Gasteiger partial charge >= 0.3 is 0 Å². The van der Waals surface area contributed by atoms with Crippen molar-refractivity contribution in [1.29, 1.82) is 5.26 Å². The largest absolute Gasteiger partial charge is 0.494 e. The van der Waals surface area contributed by atoms with Crippen molar-refractivity contribution in [3.63, 3.8) is 0 Å². The fourth-order valence-corrected chi connectivity index (χ4v) is 4.15. The molecule has 2 N–H and O–H groups in total. The molecule has 0 radical (unpaired) electrons. The molecular weight excluding hydrogens is 460 g/mol. The van der Waals surface area contributed by atoms with Crippen molar-refractivity contribution in [2.45, 2.75) is 6.04 Å². The first-order chi connectivity index (χ1) is 17.3. The number of nitrogens with two attached hydrogens (primary N) is 1. The Bertz CT molecular complexity index is 1270. The Labute approximate surface area is 209 Å². The molecule has 2 aliphatic rings. The van der Waals surface area contributed by atoms with E-state index in [9.17, 15) is 14.9 Å². The third-order valence-corrected chi connectivity index (χ3v) is 6.30. The molecule has 0 saturated carbocycles. The molecular formula is C25H30N8O3. The number of aromatic nitrogens is 2. The van der Waals surface area contributed by atoms with Crippen LogP contribution < -0.4 is 10.5 Å². The van der Waals surface area contributed by atoms with Gasteiger partial charge in [0.1, 0.15) is 22.9 Å². The third-order valence-electron chi connectivity index (χ3n) is 6.30.